The minimum atomic E-state index is -4.04. The number of hydrogen-bond acceptors (Lipinski definition) is 3. The standard InChI is InChI=1S/C20H17ClF2N2O2S/c1-24-18-7-8-19-16(18)11-20(15-6-5-13(22)10-17(15)23)25(19)28(26,27)14-4-2-3-12(21)9-14/h2-6,9-11,18,24H,7-8H2,1H3. The molecule has 0 radical (unpaired) electrons. The summed E-state index contributed by atoms with van der Waals surface area (Å²) in [7, 11) is -2.24. The second kappa shape index (κ2) is 6.99. The highest BCUT2D eigenvalue weighted by atomic mass is 35.5. The van der Waals surface area contributed by atoms with E-state index in [1.807, 2.05) is 0 Å². The lowest BCUT2D eigenvalue weighted by molar-refractivity contribution is 0.579. The number of benzene rings is 2. The molecule has 8 heteroatoms. The maximum absolute atomic E-state index is 14.5. The largest absolute Gasteiger partial charge is 0.313 e. The van der Waals surface area contributed by atoms with E-state index in [0.29, 0.717) is 12.1 Å². The van der Waals surface area contributed by atoms with Gasteiger partial charge in [-0.25, -0.2) is 21.2 Å². The van der Waals surface area contributed by atoms with Crippen molar-refractivity contribution in [1.29, 1.82) is 0 Å². The van der Waals surface area contributed by atoms with Gasteiger partial charge in [-0.2, -0.15) is 0 Å². The molecule has 1 unspecified atom stereocenters. The van der Waals surface area contributed by atoms with Crippen molar-refractivity contribution in [3.8, 4) is 11.3 Å². The van der Waals surface area contributed by atoms with Crippen molar-refractivity contribution in [2.45, 2.75) is 23.8 Å². The quantitative estimate of drug-likeness (QED) is 0.672. The third kappa shape index (κ3) is 3.03. The summed E-state index contributed by atoms with van der Waals surface area (Å²) in [4.78, 5) is 0.00933. The Hall–Kier alpha value is -2.22. The predicted molar refractivity (Wildman–Crippen MR) is 104 cm³/mol. The minimum Gasteiger partial charge on any atom is -0.313 e. The molecule has 1 aromatic heterocycles. The number of fused-ring (bicyclic) bond motifs is 1. The van der Waals surface area contributed by atoms with Crippen molar-refractivity contribution in [3.05, 3.63) is 76.4 Å². The van der Waals surface area contributed by atoms with E-state index in [0.717, 1.165) is 24.1 Å². The molecular weight excluding hydrogens is 406 g/mol. The first-order chi connectivity index (χ1) is 13.3. The molecule has 0 saturated carbocycles. The topological polar surface area (TPSA) is 51.1 Å². The van der Waals surface area contributed by atoms with E-state index in [9.17, 15) is 17.2 Å². The second-order valence-corrected chi connectivity index (χ2v) is 8.89. The number of halogens is 3. The van der Waals surface area contributed by atoms with Crippen LogP contribution >= 0.6 is 11.6 Å². The third-order valence-corrected chi connectivity index (χ3v) is 7.01. The van der Waals surface area contributed by atoms with Crippen molar-refractivity contribution >= 4 is 21.6 Å². The highest BCUT2D eigenvalue weighted by Crippen LogP contribution is 2.40. The molecule has 28 heavy (non-hydrogen) atoms. The van der Waals surface area contributed by atoms with E-state index in [2.05, 4.69) is 5.32 Å². The van der Waals surface area contributed by atoms with Gasteiger partial charge in [0.15, 0.2) is 0 Å². The lowest BCUT2D eigenvalue weighted by atomic mass is 10.1. The van der Waals surface area contributed by atoms with Gasteiger partial charge in [-0.3, -0.25) is 0 Å². The zero-order chi connectivity index (χ0) is 20.1. The Kier molecular flexibility index (Phi) is 4.77. The van der Waals surface area contributed by atoms with Crippen molar-refractivity contribution in [2.24, 2.45) is 0 Å². The fraction of sp³-hybridized carbons (Fsp3) is 0.200. The van der Waals surface area contributed by atoms with E-state index < -0.39 is 21.7 Å². The minimum absolute atomic E-state index is 0.00933. The van der Waals surface area contributed by atoms with E-state index in [-0.39, 0.29) is 27.2 Å². The normalized spacial score (nSPS) is 16.4. The first-order valence-electron chi connectivity index (χ1n) is 8.71. The van der Waals surface area contributed by atoms with Crippen LogP contribution < -0.4 is 5.32 Å². The zero-order valence-electron chi connectivity index (χ0n) is 14.9. The van der Waals surface area contributed by atoms with E-state index in [4.69, 9.17) is 11.6 Å². The van der Waals surface area contributed by atoms with Crippen LogP contribution in [-0.2, 0) is 16.4 Å². The highest BCUT2D eigenvalue weighted by Gasteiger charge is 2.33. The fourth-order valence-electron chi connectivity index (χ4n) is 3.73. The molecule has 1 aliphatic carbocycles. The summed E-state index contributed by atoms with van der Waals surface area (Å²) < 4.78 is 56.0. The molecule has 4 rings (SSSR count). The maximum Gasteiger partial charge on any atom is 0.268 e. The SMILES string of the molecule is CNC1CCc2c1cc(-c1ccc(F)cc1F)n2S(=O)(=O)c1cccc(Cl)c1. The fourth-order valence-corrected chi connectivity index (χ4v) is 5.62. The van der Waals surface area contributed by atoms with Crippen molar-refractivity contribution in [2.75, 3.05) is 7.05 Å². The highest BCUT2D eigenvalue weighted by molar-refractivity contribution is 7.90. The van der Waals surface area contributed by atoms with Gasteiger partial charge in [-0.05, 0) is 61.9 Å². The van der Waals surface area contributed by atoms with Crippen LogP contribution in [0, 0.1) is 11.6 Å². The summed E-state index contributed by atoms with van der Waals surface area (Å²) in [5.41, 5.74) is 1.59. The number of nitrogens with one attached hydrogen (secondary N) is 1. The predicted octanol–water partition coefficient (Wildman–Crippen LogP) is 4.53. The van der Waals surface area contributed by atoms with Gasteiger partial charge in [0.25, 0.3) is 10.0 Å². The number of hydrogen-bond donors (Lipinski definition) is 1. The first kappa shape index (κ1) is 19.1. The molecule has 0 bridgehead atoms. The Balaban J connectivity index is 2.01. The van der Waals surface area contributed by atoms with Crippen LogP contribution in [0.5, 0.6) is 0 Å². The molecule has 1 N–H and O–H groups in total. The van der Waals surface area contributed by atoms with Gasteiger partial charge in [0, 0.05) is 28.4 Å². The molecule has 0 saturated heterocycles. The average Bonchev–Trinajstić information content (AvgIpc) is 3.20. The Bertz CT molecular complexity index is 1170. The van der Waals surface area contributed by atoms with E-state index in [1.165, 1.54) is 22.2 Å². The first-order valence-corrected chi connectivity index (χ1v) is 10.5. The van der Waals surface area contributed by atoms with E-state index in [1.54, 1.807) is 25.2 Å². The lowest BCUT2D eigenvalue weighted by Gasteiger charge is -2.14. The molecule has 3 aromatic rings. The van der Waals surface area contributed by atoms with Crippen LogP contribution in [0.2, 0.25) is 5.02 Å². The second-order valence-electron chi connectivity index (χ2n) is 6.66. The molecule has 146 valence electrons. The van der Waals surface area contributed by atoms with Crippen LogP contribution in [0.4, 0.5) is 8.78 Å². The maximum atomic E-state index is 14.5. The van der Waals surface area contributed by atoms with Crippen molar-refractivity contribution < 1.29 is 17.2 Å². The van der Waals surface area contributed by atoms with Crippen molar-refractivity contribution in [3.63, 3.8) is 0 Å². The summed E-state index contributed by atoms with van der Waals surface area (Å²) in [6.45, 7) is 0. The van der Waals surface area contributed by atoms with Gasteiger partial charge in [0.2, 0.25) is 0 Å². The molecule has 0 spiro atoms. The molecule has 0 aliphatic heterocycles. The Morgan fingerprint density at radius 3 is 2.61 bits per heavy atom. The zero-order valence-corrected chi connectivity index (χ0v) is 16.5. The molecule has 2 aromatic carbocycles. The smallest absolute Gasteiger partial charge is 0.268 e. The van der Waals surface area contributed by atoms with Gasteiger partial charge in [-0.15, -0.1) is 0 Å². The number of rotatable bonds is 4. The van der Waals surface area contributed by atoms with Crippen LogP contribution in [0.3, 0.4) is 0 Å². The van der Waals surface area contributed by atoms with Gasteiger partial charge in [0.05, 0.1) is 10.6 Å². The lowest BCUT2D eigenvalue weighted by Crippen LogP contribution is -2.17. The van der Waals surface area contributed by atoms with Crippen LogP contribution in [0.15, 0.2) is 53.4 Å². The summed E-state index contributed by atoms with van der Waals surface area (Å²) in [6.07, 6.45) is 1.25. The molecular formula is C20H17ClF2N2O2S. The number of nitrogens with zero attached hydrogens (tertiary/aromatic N) is 1. The van der Waals surface area contributed by atoms with Crippen LogP contribution in [-0.4, -0.2) is 19.4 Å². The molecule has 0 fully saturated rings. The summed E-state index contributed by atoms with van der Waals surface area (Å²) in [6, 6.07) is 10.7. The van der Waals surface area contributed by atoms with Crippen molar-refractivity contribution in [1.82, 2.24) is 9.29 Å². The number of aromatic nitrogens is 1. The Morgan fingerprint density at radius 1 is 1.14 bits per heavy atom. The van der Waals surface area contributed by atoms with E-state index >= 15 is 0 Å². The monoisotopic (exact) mass is 422 g/mol. The molecule has 1 aliphatic rings. The molecule has 1 heterocycles. The summed E-state index contributed by atoms with van der Waals surface area (Å²) >= 11 is 5.99. The third-order valence-electron chi connectivity index (χ3n) is 5.02. The van der Waals surface area contributed by atoms with Crippen LogP contribution in [0.1, 0.15) is 23.7 Å². The average molecular weight is 423 g/mol. The van der Waals surface area contributed by atoms with Gasteiger partial charge in [0.1, 0.15) is 11.6 Å². The molecule has 4 nitrogen and oxygen atoms in total. The Labute approximate surface area is 166 Å². The molecule has 0 amide bonds. The van der Waals surface area contributed by atoms with Crippen LogP contribution in [0.25, 0.3) is 11.3 Å². The summed E-state index contributed by atoms with van der Waals surface area (Å²) in [5.74, 6) is -1.54. The molecule has 1 atom stereocenters. The van der Waals surface area contributed by atoms with Gasteiger partial charge in [-0.1, -0.05) is 17.7 Å². The van der Waals surface area contributed by atoms with Gasteiger partial charge < -0.3 is 5.32 Å². The Morgan fingerprint density at radius 2 is 1.93 bits per heavy atom. The summed E-state index contributed by atoms with van der Waals surface area (Å²) in [5, 5.41) is 3.44. The van der Waals surface area contributed by atoms with Gasteiger partial charge >= 0.3 is 0 Å².